The highest BCUT2D eigenvalue weighted by Crippen LogP contribution is 2.27. The third-order valence-corrected chi connectivity index (χ3v) is 4.46. The summed E-state index contributed by atoms with van der Waals surface area (Å²) in [5.74, 6) is 0.962. The van der Waals surface area contributed by atoms with E-state index < -0.39 is 0 Å². The van der Waals surface area contributed by atoms with E-state index in [0.717, 1.165) is 41.9 Å². The van der Waals surface area contributed by atoms with Crippen molar-refractivity contribution in [2.45, 2.75) is 19.9 Å². The highest BCUT2D eigenvalue weighted by Gasteiger charge is 2.10. The molecule has 0 amide bonds. The first-order chi connectivity index (χ1) is 12.2. The van der Waals surface area contributed by atoms with E-state index in [2.05, 4.69) is 66.7 Å². The number of hydrogen-bond donors (Lipinski definition) is 2. The Kier molecular flexibility index (Phi) is 5.51. The van der Waals surface area contributed by atoms with Crippen LogP contribution in [0.1, 0.15) is 18.1 Å². The van der Waals surface area contributed by atoms with Crippen molar-refractivity contribution in [3.05, 3.63) is 65.7 Å². The van der Waals surface area contributed by atoms with Gasteiger partial charge in [-0.15, -0.1) is 0 Å². The number of nitrogens with two attached hydrogens (primary N) is 1. The molecule has 0 fully saturated rings. The maximum Gasteiger partial charge on any atom is 0.131 e. The average molecular weight is 334 g/mol. The van der Waals surface area contributed by atoms with E-state index in [1.807, 2.05) is 12.1 Å². The predicted molar refractivity (Wildman–Crippen MR) is 107 cm³/mol. The van der Waals surface area contributed by atoms with Crippen molar-refractivity contribution in [2.75, 3.05) is 30.4 Å². The number of anilines is 2. The standard InChI is InChI=1S/C21H26N4/c1-3-16-8-4-5-9-17(16)15-25(2)21-14-20(23-13-12-22)18-10-6-7-11-19(18)24-21/h4-11,14H,3,12-13,15,22H2,1-2H3,(H,23,24). The van der Waals surface area contributed by atoms with Gasteiger partial charge >= 0.3 is 0 Å². The number of fused-ring (bicyclic) bond motifs is 1. The van der Waals surface area contributed by atoms with Crippen LogP contribution < -0.4 is 16.0 Å². The molecule has 0 spiro atoms. The van der Waals surface area contributed by atoms with Gasteiger partial charge in [-0.2, -0.15) is 0 Å². The maximum atomic E-state index is 5.66. The van der Waals surface area contributed by atoms with E-state index in [9.17, 15) is 0 Å². The summed E-state index contributed by atoms with van der Waals surface area (Å²) in [6.45, 7) is 4.38. The first-order valence-electron chi connectivity index (χ1n) is 8.84. The molecule has 4 nitrogen and oxygen atoms in total. The molecule has 0 aliphatic rings. The second-order valence-electron chi connectivity index (χ2n) is 6.24. The zero-order valence-corrected chi connectivity index (χ0v) is 15.0. The molecule has 130 valence electrons. The van der Waals surface area contributed by atoms with Gasteiger partial charge in [0.1, 0.15) is 5.82 Å². The number of aryl methyl sites for hydroxylation is 1. The SMILES string of the molecule is CCc1ccccc1CN(C)c1cc(NCCN)c2ccccc2n1. The Bertz CT molecular complexity index is 844. The predicted octanol–water partition coefficient (Wildman–Crippen LogP) is 3.80. The van der Waals surface area contributed by atoms with Crippen LogP contribution in [0.5, 0.6) is 0 Å². The molecule has 0 atom stereocenters. The fraction of sp³-hybridized carbons (Fsp3) is 0.286. The van der Waals surface area contributed by atoms with E-state index in [4.69, 9.17) is 10.7 Å². The van der Waals surface area contributed by atoms with Crippen molar-refractivity contribution < 1.29 is 0 Å². The van der Waals surface area contributed by atoms with E-state index >= 15 is 0 Å². The van der Waals surface area contributed by atoms with Gasteiger partial charge in [0.25, 0.3) is 0 Å². The second kappa shape index (κ2) is 7.99. The average Bonchev–Trinajstić information content (AvgIpc) is 2.66. The van der Waals surface area contributed by atoms with Crippen LogP contribution in [-0.2, 0) is 13.0 Å². The zero-order chi connectivity index (χ0) is 17.6. The molecule has 0 saturated heterocycles. The molecule has 0 bridgehead atoms. The van der Waals surface area contributed by atoms with Crippen LogP contribution in [0.4, 0.5) is 11.5 Å². The van der Waals surface area contributed by atoms with E-state index in [-0.39, 0.29) is 0 Å². The fourth-order valence-corrected chi connectivity index (χ4v) is 3.10. The summed E-state index contributed by atoms with van der Waals surface area (Å²) >= 11 is 0. The highest BCUT2D eigenvalue weighted by molar-refractivity contribution is 5.93. The lowest BCUT2D eigenvalue weighted by Gasteiger charge is -2.22. The molecule has 25 heavy (non-hydrogen) atoms. The molecule has 0 radical (unpaired) electrons. The number of rotatable bonds is 7. The van der Waals surface area contributed by atoms with Crippen molar-refractivity contribution >= 4 is 22.4 Å². The van der Waals surface area contributed by atoms with Gasteiger partial charge in [0.05, 0.1) is 5.52 Å². The first kappa shape index (κ1) is 17.2. The van der Waals surface area contributed by atoms with Gasteiger partial charge in [-0.3, -0.25) is 0 Å². The molecule has 4 heteroatoms. The van der Waals surface area contributed by atoms with Gasteiger partial charge in [-0.25, -0.2) is 4.98 Å². The topological polar surface area (TPSA) is 54.2 Å². The third kappa shape index (κ3) is 3.91. The maximum absolute atomic E-state index is 5.66. The molecule has 0 aliphatic heterocycles. The van der Waals surface area contributed by atoms with Crippen molar-refractivity contribution in [3.63, 3.8) is 0 Å². The number of nitrogens with one attached hydrogen (secondary N) is 1. The van der Waals surface area contributed by atoms with Crippen molar-refractivity contribution in [2.24, 2.45) is 5.73 Å². The minimum absolute atomic E-state index is 0.603. The Morgan fingerprint density at radius 1 is 1.04 bits per heavy atom. The molecule has 0 saturated carbocycles. The largest absolute Gasteiger partial charge is 0.383 e. The molecule has 3 rings (SSSR count). The van der Waals surface area contributed by atoms with Crippen LogP contribution in [-0.4, -0.2) is 25.1 Å². The minimum Gasteiger partial charge on any atom is -0.383 e. The highest BCUT2D eigenvalue weighted by atomic mass is 15.2. The quantitative estimate of drug-likeness (QED) is 0.690. The summed E-state index contributed by atoms with van der Waals surface area (Å²) in [6.07, 6.45) is 1.04. The summed E-state index contributed by atoms with van der Waals surface area (Å²) in [7, 11) is 2.09. The fourth-order valence-electron chi connectivity index (χ4n) is 3.10. The van der Waals surface area contributed by atoms with Crippen LogP contribution in [0.2, 0.25) is 0 Å². The summed E-state index contributed by atoms with van der Waals surface area (Å²) < 4.78 is 0. The molecule has 2 aromatic carbocycles. The van der Waals surface area contributed by atoms with Crippen molar-refractivity contribution in [1.29, 1.82) is 0 Å². The molecular weight excluding hydrogens is 308 g/mol. The van der Waals surface area contributed by atoms with Gasteiger partial charge in [-0.1, -0.05) is 49.4 Å². The molecular formula is C21H26N4. The van der Waals surface area contributed by atoms with E-state index in [1.54, 1.807) is 0 Å². The van der Waals surface area contributed by atoms with Gasteiger partial charge in [-0.05, 0) is 23.6 Å². The van der Waals surface area contributed by atoms with Gasteiger partial charge in [0, 0.05) is 43.8 Å². The van der Waals surface area contributed by atoms with Crippen LogP contribution in [0.25, 0.3) is 10.9 Å². The van der Waals surface area contributed by atoms with Crippen LogP contribution in [0.15, 0.2) is 54.6 Å². The molecule has 3 aromatic rings. The number of nitrogens with zero attached hydrogens (tertiary/aromatic N) is 2. The zero-order valence-electron chi connectivity index (χ0n) is 15.0. The first-order valence-corrected chi connectivity index (χ1v) is 8.84. The Labute approximate surface area is 149 Å². The second-order valence-corrected chi connectivity index (χ2v) is 6.24. The smallest absolute Gasteiger partial charge is 0.131 e. The Morgan fingerprint density at radius 2 is 1.76 bits per heavy atom. The monoisotopic (exact) mass is 334 g/mol. The van der Waals surface area contributed by atoms with Gasteiger partial charge in [0.15, 0.2) is 0 Å². The Balaban J connectivity index is 1.94. The lowest BCUT2D eigenvalue weighted by atomic mass is 10.1. The normalized spacial score (nSPS) is 10.8. The van der Waals surface area contributed by atoms with E-state index in [0.29, 0.717) is 6.54 Å². The van der Waals surface area contributed by atoms with Crippen molar-refractivity contribution in [1.82, 2.24) is 4.98 Å². The summed E-state index contributed by atoms with van der Waals surface area (Å²) in [5, 5.41) is 4.55. The molecule has 1 aromatic heterocycles. The van der Waals surface area contributed by atoms with Gasteiger partial charge < -0.3 is 16.0 Å². The number of aromatic nitrogens is 1. The van der Waals surface area contributed by atoms with Crippen molar-refractivity contribution in [3.8, 4) is 0 Å². The van der Waals surface area contributed by atoms with Crippen LogP contribution >= 0.6 is 0 Å². The Morgan fingerprint density at radius 3 is 2.52 bits per heavy atom. The summed E-state index contributed by atoms with van der Waals surface area (Å²) in [5.41, 5.74) is 10.5. The van der Waals surface area contributed by atoms with E-state index in [1.165, 1.54) is 11.1 Å². The Hall–Kier alpha value is -2.59. The lowest BCUT2D eigenvalue weighted by molar-refractivity contribution is 0.884. The number of hydrogen-bond acceptors (Lipinski definition) is 4. The number of benzene rings is 2. The van der Waals surface area contributed by atoms with Gasteiger partial charge in [0.2, 0.25) is 0 Å². The number of para-hydroxylation sites is 1. The summed E-state index contributed by atoms with van der Waals surface area (Å²) in [6, 6.07) is 18.9. The third-order valence-electron chi connectivity index (χ3n) is 4.46. The molecule has 3 N–H and O–H groups in total. The number of pyridine rings is 1. The summed E-state index contributed by atoms with van der Waals surface area (Å²) in [4.78, 5) is 7.05. The minimum atomic E-state index is 0.603. The molecule has 0 aliphatic carbocycles. The molecule has 0 unspecified atom stereocenters. The van der Waals surface area contributed by atoms with Crippen LogP contribution in [0, 0.1) is 0 Å². The van der Waals surface area contributed by atoms with Crippen LogP contribution in [0.3, 0.4) is 0 Å². The molecule has 1 heterocycles. The lowest BCUT2D eigenvalue weighted by Crippen LogP contribution is -2.19.